The van der Waals surface area contributed by atoms with Crippen molar-refractivity contribution in [3.8, 4) is 0 Å². The van der Waals surface area contributed by atoms with Gasteiger partial charge < -0.3 is 4.90 Å². The van der Waals surface area contributed by atoms with Crippen LogP contribution in [0.25, 0.3) is 0 Å². The molecular weight excluding hydrogens is 304 g/mol. The highest BCUT2D eigenvalue weighted by molar-refractivity contribution is 5.48. The van der Waals surface area contributed by atoms with Gasteiger partial charge in [0, 0.05) is 19.2 Å². The Kier molecular flexibility index (Phi) is 7.23. The molecule has 2 aromatic carbocycles. The molecule has 1 nitrogen and oxygen atoms in total. The normalized spacial score (nSPS) is 12.2. The van der Waals surface area contributed by atoms with Crippen LogP contribution in [-0.4, -0.2) is 6.54 Å². The van der Waals surface area contributed by atoms with E-state index in [1.54, 1.807) is 6.07 Å². The third-order valence-electron chi connectivity index (χ3n) is 4.49. The predicted octanol–water partition coefficient (Wildman–Crippen LogP) is 6.19. The molecule has 0 aliphatic carbocycles. The lowest BCUT2D eigenvalue weighted by Crippen LogP contribution is -2.30. The maximum atomic E-state index is 14.3. The Hall–Kier alpha value is -1.90. The third-order valence-corrected chi connectivity index (χ3v) is 4.49. The Labute approximate surface area is 144 Å². The number of hydrogen-bond acceptors (Lipinski definition) is 1. The fourth-order valence-corrected chi connectivity index (χ4v) is 3.02. The summed E-state index contributed by atoms with van der Waals surface area (Å²) in [6.45, 7) is 5.79. The van der Waals surface area contributed by atoms with Gasteiger partial charge in [-0.25, -0.2) is 8.78 Å². The summed E-state index contributed by atoms with van der Waals surface area (Å²) in [7, 11) is 0. The van der Waals surface area contributed by atoms with Gasteiger partial charge in [-0.15, -0.1) is 0 Å². The van der Waals surface area contributed by atoms with Crippen molar-refractivity contribution < 1.29 is 8.78 Å². The van der Waals surface area contributed by atoms with E-state index >= 15 is 0 Å². The van der Waals surface area contributed by atoms with E-state index in [2.05, 4.69) is 13.8 Å². The van der Waals surface area contributed by atoms with Crippen LogP contribution >= 0.6 is 0 Å². The van der Waals surface area contributed by atoms with Gasteiger partial charge in [-0.1, -0.05) is 63.4 Å². The molecule has 2 rings (SSSR count). The Morgan fingerprint density at radius 2 is 1.75 bits per heavy atom. The van der Waals surface area contributed by atoms with Crippen molar-refractivity contribution in [2.75, 3.05) is 11.4 Å². The summed E-state index contributed by atoms with van der Waals surface area (Å²) in [6, 6.07) is 13.9. The zero-order chi connectivity index (χ0) is 17.4. The van der Waals surface area contributed by atoms with Crippen LogP contribution in [0.15, 0.2) is 48.5 Å². The molecule has 0 aliphatic heterocycles. The number of hydrogen-bond donors (Lipinski definition) is 0. The number of nitrogens with zero attached hydrogens (tertiary/aromatic N) is 1. The van der Waals surface area contributed by atoms with Crippen LogP contribution in [-0.2, 0) is 6.54 Å². The van der Waals surface area contributed by atoms with Crippen LogP contribution in [0.5, 0.6) is 0 Å². The van der Waals surface area contributed by atoms with E-state index in [1.165, 1.54) is 18.9 Å². The van der Waals surface area contributed by atoms with E-state index in [-0.39, 0.29) is 0 Å². The predicted molar refractivity (Wildman–Crippen MR) is 97.2 cm³/mol. The maximum absolute atomic E-state index is 14.3. The van der Waals surface area contributed by atoms with Gasteiger partial charge in [0.25, 0.3) is 0 Å². The minimum Gasteiger partial charge on any atom is -0.365 e. The summed E-state index contributed by atoms with van der Waals surface area (Å²) in [5.41, 5.74) is 1.61. The number of benzene rings is 2. The maximum Gasteiger partial charge on any atom is 0.149 e. The Morgan fingerprint density at radius 3 is 2.38 bits per heavy atom. The second kappa shape index (κ2) is 9.41. The molecule has 0 radical (unpaired) electrons. The third kappa shape index (κ3) is 5.33. The fraction of sp³-hybridized carbons (Fsp3) is 0.429. The van der Waals surface area contributed by atoms with Gasteiger partial charge in [0.1, 0.15) is 11.6 Å². The molecule has 0 saturated carbocycles. The minimum atomic E-state index is -0.533. The lowest BCUT2D eigenvalue weighted by Gasteiger charge is -2.29. The quantitative estimate of drug-likeness (QED) is 0.530. The highest BCUT2D eigenvalue weighted by atomic mass is 19.1. The topological polar surface area (TPSA) is 3.24 Å². The molecule has 130 valence electrons. The van der Waals surface area contributed by atoms with Crippen LogP contribution < -0.4 is 4.90 Å². The zero-order valence-corrected chi connectivity index (χ0v) is 14.6. The summed E-state index contributed by atoms with van der Waals surface area (Å²) in [6.07, 6.45) is 4.55. The summed E-state index contributed by atoms with van der Waals surface area (Å²) in [4.78, 5) is 2.05. The lowest BCUT2D eigenvalue weighted by molar-refractivity contribution is 0.442. The summed E-state index contributed by atoms with van der Waals surface area (Å²) in [5, 5.41) is 0. The van der Waals surface area contributed by atoms with Crippen LogP contribution in [0.1, 0.15) is 45.1 Å². The van der Waals surface area contributed by atoms with Crippen molar-refractivity contribution in [1.29, 1.82) is 0 Å². The minimum absolute atomic E-state index is 0.482. The smallest absolute Gasteiger partial charge is 0.149 e. The van der Waals surface area contributed by atoms with Crippen molar-refractivity contribution in [1.82, 2.24) is 0 Å². The van der Waals surface area contributed by atoms with E-state index in [9.17, 15) is 8.78 Å². The van der Waals surface area contributed by atoms with Crippen LogP contribution in [0, 0.1) is 17.6 Å². The van der Waals surface area contributed by atoms with Gasteiger partial charge >= 0.3 is 0 Å². The molecule has 2 aromatic rings. The van der Waals surface area contributed by atoms with Crippen LogP contribution in [0.3, 0.4) is 0 Å². The number of unbranched alkanes of at least 4 members (excludes halogenated alkanes) is 1. The molecule has 0 aliphatic rings. The van der Waals surface area contributed by atoms with Gasteiger partial charge in [-0.05, 0) is 30.0 Å². The number of halogens is 2. The molecule has 0 amide bonds. The summed E-state index contributed by atoms with van der Waals surface area (Å²) < 4.78 is 27.6. The lowest BCUT2D eigenvalue weighted by atomic mass is 9.98. The number of anilines is 1. The first-order valence-corrected chi connectivity index (χ1v) is 8.88. The first-order valence-electron chi connectivity index (χ1n) is 8.88. The second-order valence-corrected chi connectivity index (χ2v) is 6.38. The van der Waals surface area contributed by atoms with Crippen molar-refractivity contribution in [2.45, 2.75) is 46.1 Å². The van der Waals surface area contributed by atoms with Gasteiger partial charge in [-0.3, -0.25) is 0 Å². The van der Waals surface area contributed by atoms with Gasteiger partial charge in [0.2, 0.25) is 0 Å². The van der Waals surface area contributed by atoms with E-state index in [4.69, 9.17) is 0 Å². The van der Waals surface area contributed by atoms with E-state index in [1.807, 2.05) is 35.2 Å². The van der Waals surface area contributed by atoms with Crippen LogP contribution in [0.4, 0.5) is 14.5 Å². The van der Waals surface area contributed by atoms with Gasteiger partial charge in [0.15, 0.2) is 0 Å². The molecular formula is C21H27F2N. The fourth-order valence-electron chi connectivity index (χ4n) is 3.02. The average Bonchev–Trinajstić information content (AvgIpc) is 2.58. The second-order valence-electron chi connectivity index (χ2n) is 6.38. The van der Waals surface area contributed by atoms with E-state index < -0.39 is 11.6 Å². The molecule has 0 bridgehead atoms. The standard InChI is InChI=1S/C21H27F2N/c1-3-5-9-17(4-2)15-24(16-18-10-7-6-8-11-18)21-13-12-19(22)14-20(21)23/h6-8,10-14,17H,3-5,9,15-16H2,1-2H3. The Morgan fingerprint density at radius 1 is 1.00 bits per heavy atom. The zero-order valence-electron chi connectivity index (χ0n) is 14.6. The van der Waals surface area contributed by atoms with E-state index in [0.717, 1.165) is 31.0 Å². The van der Waals surface area contributed by atoms with Crippen LogP contribution in [0.2, 0.25) is 0 Å². The highest BCUT2D eigenvalue weighted by Gasteiger charge is 2.17. The molecule has 24 heavy (non-hydrogen) atoms. The number of rotatable bonds is 9. The van der Waals surface area contributed by atoms with Crippen molar-refractivity contribution >= 4 is 5.69 Å². The highest BCUT2D eigenvalue weighted by Crippen LogP contribution is 2.25. The SMILES string of the molecule is CCCCC(CC)CN(Cc1ccccc1)c1ccc(F)cc1F. The first kappa shape index (κ1) is 18.4. The molecule has 3 heteroatoms. The molecule has 0 heterocycles. The average molecular weight is 331 g/mol. The molecule has 0 aromatic heterocycles. The molecule has 0 N–H and O–H groups in total. The molecule has 0 fully saturated rings. The molecule has 1 unspecified atom stereocenters. The summed E-state index contributed by atoms with van der Waals surface area (Å²) in [5.74, 6) is -0.511. The largest absolute Gasteiger partial charge is 0.365 e. The van der Waals surface area contributed by atoms with Crippen molar-refractivity contribution in [3.63, 3.8) is 0 Å². The molecule has 0 spiro atoms. The van der Waals surface area contributed by atoms with Crippen molar-refractivity contribution in [2.24, 2.45) is 5.92 Å². The Bertz CT molecular complexity index is 612. The van der Waals surface area contributed by atoms with Gasteiger partial charge in [0.05, 0.1) is 5.69 Å². The Balaban J connectivity index is 2.23. The van der Waals surface area contributed by atoms with E-state index in [0.29, 0.717) is 18.2 Å². The monoisotopic (exact) mass is 331 g/mol. The molecule has 0 saturated heterocycles. The van der Waals surface area contributed by atoms with Gasteiger partial charge in [-0.2, -0.15) is 0 Å². The first-order chi connectivity index (χ1) is 11.6. The summed E-state index contributed by atoms with van der Waals surface area (Å²) >= 11 is 0. The molecule has 1 atom stereocenters. The van der Waals surface area contributed by atoms with Crippen molar-refractivity contribution in [3.05, 3.63) is 65.7 Å².